The van der Waals surface area contributed by atoms with Crippen LogP contribution in [0, 0.1) is 5.92 Å². The van der Waals surface area contributed by atoms with E-state index in [2.05, 4.69) is 5.32 Å². The van der Waals surface area contributed by atoms with Gasteiger partial charge in [0.25, 0.3) is 0 Å². The normalized spacial score (nSPS) is 13.8. The lowest BCUT2D eigenvalue weighted by Gasteiger charge is -2.15. The summed E-state index contributed by atoms with van der Waals surface area (Å²) in [5.74, 6) is -0.400. The van der Waals surface area contributed by atoms with Gasteiger partial charge in [0, 0.05) is 12.6 Å². The van der Waals surface area contributed by atoms with Crippen LogP contribution < -0.4 is 10.1 Å². The number of hydrogen-bond donors (Lipinski definition) is 3. The molecule has 1 rings (SSSR count). The first-order chi connectivity index (χ1) is 10.9. The molecule has 1 aromatic rings. The first-order valence-corrected chi connectivity index (χ1v) is 8.28. The van der Waals surface area contributed by atoms with E-state index in [4.69, 9.17) is 4.74 Å². The SMILES string of the molecule is CCCC(Cc1ccc(OCC(O)CNC(C)C)cc1)C(=O)O. The third-order valence-electron chi connectivity index (χ3n) is 3.60. The Hall–Kier alpha value is -1.59. The second-order valence-corrected chi connectivity index (χ2v) is 6.20. The van der Waals surface area contributed by atoms with E-state index in [-0.39, 0.29) is 12.5 Å². The molecule has 0 spiro atoms. The third kappa shape index (κ3) is 8.00. The molecule has 0 fully saturated rings. The lowest BCUT2D eigenvalue weighted by Crippen LogP contribution is -2.35. The summed E-state index contributed by atoms with van der Waals surface area (Å²) < 4.78 is 5.55. The Morgan fingerprint density at radius 2 is 1.91 bits per heavy atom. The van der Waals surface area contributed by atoms with Gasteiger partial charge in [-0.05, 0) is 30.5 Å². The Bertz CT molecular complexity index is 459. The average molecular weight is 323 g/mol. The number of carbonyl (C=O) groups is 1. The number of carboxylic acid groups (broad SMARTS) is 1. The highest BCUT2D eigenvalue weighted by Crippen LogP contribution is 2.18. The fourth-order valence-electron chi connectivity index (χ4n) is 2.29. The lowest BCUT2D eigenvalue weighted by atomic mass is 9.95. The summed E-state index contributed by atoms with van der Waals surface area (Å²) >= 11 is 0. The molecule has 130 valence electrons. The molecule has 0 aliphatic carbocycles. The fraction of sp³-hybridized carbons (Fsp3) is 0.611. The number of aliphatic hydroxyl groups is 1. The van der Waals surface area contributed by atoms with Crippen molar-refractivity contribution in [2.45, 2.75) is 52.2 Å². The number of carboxylic acids is 1. The van der Waals surface area contributed by atoms with Gasteiger partial charge >= 0.3 is 5.97 Å². The molecular formula is C18H29NO4. The van der Waals surface area contributed by atoms with Crippen LogP contribution in [0.2, 0.25) is 0 Å². The predicted octanol–water partition coefficient (Wildman–Crippen LogP) is 2.47. The Morgan fingerprint density at radius 3 is 2.43 bits per heavy atom. The van der Waals surface area contributed by atoms with Crippen molar-refractivity contribution in [3.05, 3.63) is 29.8 Å². The zero-order chi connectivity index (χ0) is 17.2. The first kappa shape index (κ1) is 19.5. The van der Waals surface area contributed by atoms with Crippen LogP contribution in [-0.2, 0) is 11.2 Å². The monoisotopic (exact) mass is 323 g/mol. The van der Waals surface area contributed by atoms with E-state index >= 15 is 0 Å². The van der Waals surface area contributed by atoms with Crippen molar-refractivity contribution in [3.8, 4) is 5.75 Å². The highest BCUT2D eigenvalue weighted by atomic mass is 16.5. The standard InChI is InChI=1S/C18H29NO4/c1-4-5-15(18(21)22)10-14-6-8-17(9-7-14)23-12-16(20)11-19-13(2)3/h6-9,13,15-16,19-20H,4-5,10-12H2,1-3H3,(H,21,22). The van der Waals surface area contributed by atoms with Gasteiger partial charge in [-0.1, -0.05) is 39.3 Å². The minimum Gasteiger partial charge on any atom is -0.491 e. The van der Waals surface area contributed by atoms with Crippen LogP contribution in [0.25, 0.3) is 0 Å². The van der Waals surface area contributed by atoms with E-state index in [0.717, 1.165) is 12.0 Å². The van der Waals surface area contributed by atoms with E-state index in [9.17, 15) is 15.0 Å². The Balaban J connectivity index is 2.45. The molecule has 0 saturated carbocycles. The Kier molecular flexibility index (Phi) is 8.66. The van der Waals surface area contributed by atoms with Crippen LogP contribution in [-0.4, -0.2) is 41.5 Å². The minimum atomic E-state index is -0.743. The third-order valence-corrected chi connectivity index (χ3v) is 3.60. The molecule has 0 saturated heterocycles. The number of rotatable bonds is 11. The van der Waals surface area contributed by atoms with Crippen LogP contribution in [0.15, 0.2) is 24.3 Å². The molecule has 0 aliphatic rings. The number of ether oxygens (including phenoxy) is 1. The molecule has 5 nitrogen and oxygen atoms in total. The van der Waals surface area contributed by atoms with Crippen LogP contribution in [0.5, 0.6) is 5.75 Å². The van der Waals surface area contributed by atoms with Gasteiger partial charge in [-0.3, -0.25) is 4.79 Å². The minimum absolute atomic E-state index is 0.229. The van der Waals surface area contributed by atoms with Gasteiger partial charge in [-0.2, -0.15) is 0 Å². The van der Waals surface area contributed by atoms with Gasteiger partial charge in [0.05, 0.1) is 5.92 Å². The van der Waals surface area contributed by atoms with E-state index in [0.29, 0.717) is 31.2 Å². The molecule has 0 aromatic heterocycles. The second-order valence-electron chi connectivity index (χ2n) is 6.20. The molecule has 0 radical (unpaired) electrons. The number of hydrogen-bond acceptors (Lipinski definition) is 4. The van der Waals surface area contributed by atoms with Crippen LogP contribution in [0.4, 0.5) is 0 Å². The quantitative estimate of drug-likeness (QED) is 0.583. The molecule has 0 amide bonds. The van der Waals surface area contributed by atoms with Crippen LogP contribution in [0.1, 0.15) is 39.2 Å². The van der Waals surface area contributed by atoms with Crippen molar-refractivity contribution in [3.63, 3.8) is 0 Å². The molecule has 0 bridgehead atoms. The highest BCUT2D eigenvalue weighted by molar-refractivity contribution is 5.70. The molecule has 2 atom stereocenters. The zero-order valence-corrected chi connectivity index (χ0v) is 14.3. The van der Waals surface area contributed by atoms with Gasteiger partial charge in [0.2, 0.25) is 0 Å². The summed E-state index contributed by atoms with van der Waals surface area (Å²) in [6, 6.07) is 7.75. The fourth-order valence-corrected chi connectivity index (χ4v) is 2.29. The van der Waals surface area contributed by atoms with E-state index < -0.39 is 12.1 Å². The maximum atomic E-state index is 11.2. The zero-order valence-electron chi connectivity index (χ0n) is 14.3. The largest absolute Gasteiger partial charge is 0.491 e. The summed E-state index contributed by atoms with van der Waals surface area (Å²) in [5, 5.41) is 22.1. The van der Waals surface area contributed by atoms with Crippen molar-refractivity contribution in [2.24, 2.45) is 5.92 Å². The van der Waals surface area contributed by atoms with Gasteiger partial charge < -0.3 is 20.3 Å². The molecule has 2 unspecified atom stereocenters. The highest BCUT2D eigenvalue weighted by Gasteiger charge is 2.16. The number of nitrogens with one attached hydrogen (secondary N) is 1. The molecule has 5 heteroatoms. The maximum absolute atomic E-state index is 11.2. The lowest BCUT2D eigenvalue weighted by molar-refractivity contribution is -0.141. The molecule has 0 heterocycles. The molecule has 0 aliphatic heterocycles. The number of aliphatic carboxylic acids is 1. The van der Waals surface area contributed by atoms with Gasteiger partial charge in [0.15, 0.2) is 0 Å². The first-order valence-electron chi connectivity index (χ1n) is 8.28. The van der Waals surface area contributed by atoms with Gasteiger partial charge in [-0.25, -0.2) is 0 Å². The van der Waals surface area contributed by atoms with Gasteiger partial charge in [-0.15, -0.1) is 0 Å². The molecule has 3 N–H and O–H groups in total. The second kappa shape index (κ2) is 10.2. The van der Waals surface area contributed by atoms with Crippen molar-refractivity contribution >= 4 is 5.97 Å². The van der Waals surface area contributed by atoms with Crippen LogP contribution >= 0.6 is 0 Å². The van der Waals surface area contributed by atoms with Crippen molar-refractivity contribution in [1.82, 2.24) is 5.32 Å². The van der Waals surface area contributed by atoms with Crippen molar-refractivity contribution in [1.29, 1.82) is 0 Å². The summed E-state index contributed by atoms with van der Waals surface area (Å²) in [6.07, 6.45) is 1.52. The maximum Gasteiger partial charge on any atom is 0.306 e. The van der Waals surface area contributed by atoms with E-state index in [1.165, 1.54) is 0 Å². The number of aliphatic hydroxyl groups excluding tert-OH is 1. The predicted molar refractivity (Wildman–Crippen MR) is 90.8 cm³/mol. The van der Waals surface area contributed by atoms with E-state index in [1.807, 2.05) is 45.0 Å². The number of benzene rings is 1. The van der Waals surface area contributed by atoms with Crippen molar-refractivity contribution in [2.75, 3.05) is 13.2 Å². The molecule has 23 heavy (non-hydrogen) atoms. The smallest absolute Gasteiger partial charge is 0.306 e. The summed E-state index contributed by atoms with van der Waals surface area (Å²) in [7, 11) is 0. The summed E-state index contributed by atoms with van der Waals surface area (Å²) in [4.78, 5) is 11.2. The van der Waals surface area contributed by atoms with E-state index in [1.54, 1.807) is 0 Å². The average Bonchev–Trinajstić information content (AvgIpc) is 2.51. The summed E-state index contributed by atoms with van der Waals surface area (Å²) in [5.41, 5.74) is 0.986. The Labute approximate surface area is 138 Å². The molecule has 1 aromatic carbocycles. The van der Waals surface area contributed by atoms with Crippen molar-refractivity contribution < 1.29 is 19.7 Å². The Morgan fingerprint density at radius 1 is 1.26 bits per heavy atom. The summed E-state index contributed by atoms with van der Waals surface area (Å²) in [6.45, 7) is 6.76. The van der Waals surface area contributed by atoms with Gasteiger partial charge in [0.1, 0.15) is 18.5 Å². The molecular weight excluding hydrogens is 294 g/mol. The van der Waals surface area contributed by atoms with Crippen LogP contribution in [0.3, 0.4) is 0 Å². The topological polar surface area (TPSA) is 78.8 Å².